The molecule has 1 saturated heterocycles. The summed E-state index contributed by atoms with van der Waals surface area (Å²) in [7, 11) is 4.18. The number of thiophene rings is 1. The molecule has 0 spiro atoms. The van der Waals surface area contributed by atoms with Crippen molar-refractivity contribution in [3.8, 4) is 0 Å². The maximum absolute atomic E-state index is 2.59. The highest BCUT2D eigenvalue weighted by Crippen LogP contribution is 2.38. The molecule has 0 aliphatic carbocycles. The highest BCUT2D eigenvalue weighted by Gasteiger charge is 2.26. The first-order valence-electron chi connectivity index (χ1n) is 8.84. The van der Waals surface area contributed by atoms with Crippen molar-refractivity contribution >= 4 is 40.7 Å². The van der Waals surface area contributed by atoms with Crippen LogP contribution in [0.3, 0.4) is 0 Å². The molecule has 0 radical (unpaired) electrons. The number of hydrogen-bond acceptors (Lipinski definition) is 5. The Balaban J connectivity index is 1.64. The van der Waals surface area contributed by atoms with Crippen molar-refractivity contribution in [3.05, 3.63) is 42.0 Å². The predicted octanol–water partition coefficient (Wildman–Crippen LogP) is 6.24. The van der Waals surface area contributed by atoms with Gasteiger partial charge >= 0.3 is 0 Å². The predicted molar refractivity (Wildman–Crippen MR) is 115 cm³/mol. The van der Waals surface area contributed by atoms with E-state index in [-0.39, 0.29) is 0 Å². The topological polar surface area (TPSA) is 6.48 Å². The van der Waals surface area contributed by atoms with Crippen LogP contribution in [0, 0.1) is 5.41 Å². The largest absolute Gasteiger partial charge is 0.371 e. The summed E-state index contributed by atoms with van der Waals surface area (Å²) in [6.07, 6.45) is 2.56. The Morgan fingerprint density at radius 1 is 1.04 bits per heavy atom. The van der Waals surface area contributed by atoms with Crippen molar-refractivity contribution in [1.29, 1.82) is 0 Å². The third-order valence-corrected chi connectivity index (χ3v) is 7.96. The van der Waals surface area contributed by atoms with E-state index in [2.05, 4.69) is 73.5 Å². The Morgan fingerprint density at radius 3 is 2.44 bits per heavy atom. The normalized spacial score (nSPS) is 17.2. The van der Waals surface area contributed by atoms with Crippen molar-refractivity contribution in [2.75, 3.05) is 32.1 Å². The van der Waals surface area contributed by atoms with Crippen molar-refractivity contribution in [1.82, 2.24) is 4.31 Å². The van der Waals surface area contributed by atoms with Gasteiger partial charge in [-0.2, -0.15) is 0 Å². The lowest BCUT2D eigenvalue weighted by molar-refractivity contribution is 0.279. The number of nitrogens with zero attached hydrogens (tertiary/aromatic N) is 2. The summed E-state index contributed by atoms with van der Waals surface area (Å²) in [5.74, 6) is 1.04. The van der Waals surface area contributed by atoms with E-state index in [4.69, 9.17) is 0 Å². The molecule has 0 amide bonds. The van der Waals surface area contributed by atoms with Gasteiger partial charge in [-0.25, -0.2) is 0 Å². The molecule has 0 bridgehead atoms. The highest BCUT2D eigenvalue weighted by molar-refractivity contribution is 8.02. The first-order chi connectivity index (χ1) is 11.9. The Bertz CT molecular complexity index is 684. The van der Waals surface area contributed by atoms with E-state index in [1.165, 1.54) is 45.6 Å². The maximum atomic E-state index is 2.59. The lowest BCUT2D eigenvalue weighted by Gasteiger charge is -2.39. The van der Waals surface area contributed by atoms with Crippen LogP contribution in [0.1, 0.15) is 32.3 Å². The fraction of sp³-hybridized carbons (Fsp3) is 0.500. The monoisotopic (exact) mass is 392 g/mol. The molecule has 2 aromatic rings. The van der Waals surface area contributed by atoms with Gasteiger partial charge in [0.1, 0.15) is 0 Å². The molecule has 0 atom stereocenters. The van der Waals surface area contributed by atoms with Crippen LogP contribution < -0.4 is 4.90 Å². The van der Waals surface area contributed by atoms with Crippen LogP contribution >= 0.6 is 35.0 Å². The van der Waals surface area contributed by atoms with Crippen molar-refractivity contribution in [2.24, 2.45) is 5.41 Å². The zero-order chi connectivity index (χ0) is 17.9. The summed E-state index contributed by atoms with van der Waals surface area (Å²) in [4.78, 5) is 2.59. The lowest BCUT2D eigenvalue weighted by Crippen LogP contribution is -2.37. The van der Waals surface area contributed by atoms with Crippen LogP contribution in [0.25, 0.3) is 0 Å². The molecule has 1 aliphatic rings. The minimum absolute atomic E-state index is 0.498. The molecule has 2 heterocycles. The number of anilines is 1. The van der Waals surface area contributed by atoms with Gasteiger partial charge in [-0.05, 0) is 68.1 Å². The van der Waals surface area contributed by atoms with Gasteiger partial charge in [-0.3, -0.25) is 4.31 Å². The Morgan fingerprint density at radius 2 is 1.72 bits per heavy atom. The van der Waals surface area contributed by atoms with Crippen molar-refractivity contribution in [3.63, 3.8) is 0 Å². The molecule has 1 fully saturated rings. The zero-order valence-corrected chi connectivity index (χ0v) is 18.1. The Labute approximate surface area is 165 Å². The number of rotatable bonds is 6. The Kier molecular flexibility index (Phi) is 6.42. The zero-order valence-electron chi connectivity index (χ0n) is 15.6. The summed E-state index contributed by atoms with van der Waals surface area (Å²) in [6.45, 7) is 7.15. The first-order valence-corrected chi connectivity index (χ1v) is 11.4. The van der Waals surface area contributed by atoms with E-state index in [0.29, 0.717) is 5.41 Å². The van der Waals surface area contributed by atoms with Gasteiger partial charge in [0.2, 0.25) is 0 Å². The van der Waals surface area contributed by atoms with Gasteiger partial charge in [-0.15, -0.1) is 23.1 Å². The van der Waals surface area contributed by atoms with Crippen LogP contribution in [-0.2, 0) is 5.75 Å². The minimum atomic E-state index is 0.498. The van der Waals surface area contributed by atoms with E-state index < -0.39 is 0 Å². The number of hydrogen-bond donors (Lipinski definition) is 0. The molecule has 1 aliphatic heterocycles. The molecule has 2 nitrogen and oxygen atoms in total. The van der Waals surface area contributed by atoms with Gasteiger partial charge in [-0.1, -0.05) is 32.0 Å². The molecule has 5 heteroatoms. The van der Waals surface area contributed by atoms with Crippen LogP contribution in [0.2, 0.25) is 0 Å². The molecular weight excluding hydrogens is 364 g/mol. The molecule has 1 aromatic carbocycles. The molecule has 3 rings (SSSR count). The van der Waals surface area contributed by atoms with Crippen LogP contribution in [0.5, 0.6) is 0 Å². The summed E-state index contributed by atoms with van der Waals surface area (Å²) in [5.41, 5.74) is 3.39. The molecular formula is C20H28N2S3. The first kappa shape index (κ1) is 19.2. The molecule has 0 unspecified atom stereocenters. The van der Waals surface area contributed by atoms with E-state index in [1.54, 1.807) is 11.9 Å². The second-order valence-corrected chi connectivity index (χ2v) is 11.5. The SMILES string of the molecule is CN(C)Sc1ccc(SCc2ccccc2N2CCC(C)(C)CC2)s1. The fourth-order valence-corrected chi connectivity index (χ4v) is 6.42. The number of thioether (sulfide) groups is 1. The average molecular weight is 393 g/mol. The quantitative estimate of drug-likeness (QED) is 0.424. The van der Waals surface area contributed by atoms with Crippen LogP contribution in [0.15, 0.2) is 44.8 Å². The summed E-state index contributed by atoms with van der Waals surface area (Å²) < 4.78 is 4.91. The third-order valence-electron chi connectivity index (χ3n) is 4.65. The van der Waals surface area contributed by atoms with Gasteiger partial charge in [0, 0.05) is 24.5 Å². The summed E-state index contributed by atoms with van der Waals surface area (Å²) >= 11 is 5.65. The minimum Gasteiger partial charge on any atom is -0.371 e. The average Bonchev–Trinajstić information content (AvgIpc) is 3.00. The molecule has 25 heavy (non-hydrogen) atoms. The lowest BCUT2D eigenvalue weighted by atomic mass is 9.82. The summed E-state index contributed by atoms with van der Waals surface area (Å²) in [5, 5.41) is 0. The smallest absolute Gasteiger partial charge is 0.0765 e. The molecule has 136 valence electrons. The van der Waals surface area contributed by atoms with Gasteiger partial charge < -0.3 is 4.90 Å². The van der Waals surface area contributed by atoms with Crippen molar-refractivity contribution in [2.45, 2.75) is 40.9 Å². The molecule has 0 saturated carbocycles. The van der Waals surface area contributed by atoms with Crippen molar-refractivity contribution < 1.29 is 0 Å². The van der Waals surface area contributed by atoms with E-state index in [1.807, 2.05) is 23.1 Å². The second kappa shape index (κ2) is 8.38. The van der Waals surface area contributed by atoms with Crippen LogP contribution in [0.4, 0.5) is 5.69 Å². The number of benzene rings is 1. The van der Waals surface area contributed by atoms with E-state index >= 15 is 0 Å². The number of para-hydroxylation sites is 1. The summed E-state index contributed by atoms with van der Waals surface area (Å²) in [6, 6.07) is 13.4. The number of piperidine rings is 1. The van der Waals surface area contributed by atoms with Gasteiger partial charge in [0.15, 0.2) is 0 Å². The van der Waals surface area contributed by atoms with E-state index in [0.717, 1.165) is 5.75 Å². The third kappa shape index (κ3) is 5.43. The standard InChI is InChI=1S/C20H28N2S3/c1-20(2)11-13-22(14-12-20)17-8-6-5-7-16(17)15-23-18-9-10-19(24-18)25-21(3)4/h5-10H,11-15H2,1-4H3. The molecule has 1 aromatic heterocycles. The van der Waals surface area contributed by atoms with Crippen LogP contribution in [-0.4, -0.2) is 31.5 Å². The molecule has 0 N–H and O–H groups in total. The Hall–Kier alpha value is -0.620. The highest BCUT2D eigenvalue weighted by atomic mass is 32.2. The second-order valence-electron chi connectivity index (χ2n) is 7.55. The fourth-order valence-electron chi connectivity index (χ4n) is 3.05. The van der Waals surface area contributed by atoms with E-state index in [9.17, 15) is 0 Å². The van der Waals surface area contributed by atoms with Gasteiger partial charge in [0.25, 0.3) is 0 Å². The maximum Gasteiger partial charge on any atom is 0.0765 e. The van der Waals surface area contributed by atoms with Gasteiger partial charge in [0.05, 0.1) is 8.42 Å².